The lowest BCUT2D eigenvalue weighted by Gasteiger charge is -2.14. The Morgan fingerprint density at radius 1 is 1.19 bits per heavy atom. The van der Waals surface area contributed by atoms with Crippen LogP contribution in [-0.2, 0) is 0 Å². The van der Waals surface area contributed by atoms with Crippen molar-refractivity contribution in [3.05, 3.63) is 53.4 Å². The molecule has 0 atom stereocenters. The monoisotopic (exact) mass is 297 g/mol. The Kier molecular flexibility index (Phi) is 3.68. The van der Waals surface area contributed by atoms with E-state index in [1.807, 2.05) is 47.8 Å². The molecule has 4 nitrogen and oxygen atoms in total. The van der Waals surface area contributed by atoms with E-state index >= 15 is 0 Å². The van der Waals surface area contributed by atoms with E-state index in [9.17, 15) is 4.79 Å². The third-order valence-corrected chi connectivity index (χ3v) is 3.95. The number of hydrazine groups is 1. The molecule has 106 valence electrons. The number of hydrogen-bond donors (Lipinski definition) is 1. The molecular weight excluding hydrogens is 282 g/mol. The number of thiophene rings is 1. The zero-order valence-corrected chi connectivity index (χ0v) is 12.6. The normalized spacial score (nSPS) is 11.0. The number of nitrogens with zero attached hydrogens (tertiary/aromatic N) is 2. The molecule has 0 unspecified atom stereocenters. The van der Waals surface area contributed by atoms with Gasteiger partial charge >= 0.3 is 0 Å². The molecule has 1 amide bonds. The second-order valence-corrected chi connectivity index (χ2v) is 5.83. The molecule has 0 aliphatic rings. The zero-order valence-electron chi connectivity index (χ0n) is 11.8. The lowest BCUT2D eigenvalue weighted by atomic mass is 10.1. The summed E-state index contributed by atoms with van der Waals surface area (Å²) in [5.74, 6) is -0.128. The first kappa shape index (κ1) is 13.7. The van der Waals surface area contributed by atoms with Gasteiger partial charge in [-0.2, -0.15) is 0 Å². The molecule has 2 aromatic heterocycles. The van der Waals surface area contributed by atoms with Gasteiger partial charge in [-0.05, 0) is 23.6 Å². The Hall–Kier alpha value is -2.24. The minimum Gasteiger partial charge on any atom is -0.285 e. The van der Waals surface area contributed by atoms with Gasteiger partial charge in [-0.15, -0.1) is 11.3 Å². The minimum atomic E-state index is -0.128. The van der Waals surface area contributed by atoms with E-state index < -0.39 is 0 Å². The van der Waals surface area contributed by atoms with E-state index in [0.717, 1.165) is 21.5 Å². The van der Waals surface area contributed by atoms with Gasteiger partial charge < -0.3 is 0 Å². The van der Waals surface area contributed by atoms with Gasteiger partial charge in [0.25, 0.3) is 5.91 Å². The van der Waals surface area contributed by atoms with Crippen LogP contribution in [0, 0.1) is 0 Å². The van der Waals surface area contributed by atoms with E-state index in [-0.39, 0.29) is 5.91 Å². The Balaban J connectivity index is 2.18. The molecular formula is C16H15N3OS. The minimum absolute atomic E-state index is 0.128. The molecule has 1 aromatic carbocycles. The standard InChI is InChI=1S/C16H15N3OS/c1-19(2)18-16(20)12-10-14(15-8-5-9-21-15)17-13-7-4-3-6-11(12)13/h3-10H,1-2H3,(H,18,20). The summed E-state index contributed by atoms with van der Waals surface area (Å²) in [7, 11) is 3.59. The van der Waals surface area contributed by atoms with E-state index in [1.54, 1.807) is 30.4 Å². The highest BCUT2D eigenvalue weighted by Gasteiger charge is 2.14. The number of pyridine rings is 1. The summed E-state index contributed by atoms with van der Waals surface area (Å²) in [6.45, 7) is 0. The number of fused-ring (bicyclic) bond motifs is 1. The van der Waals surface area contributed by atoms with Crippen LogP contribution in [0.1, 0.15) is 10.4 Å². The van der Waals surface area contributed by atoms with Crippen molar-refractivity contribution in [1.29, 1.82) is 0 Å². The van der Waals surface area contributed by atoms with Crippen LogP contribution >= 0.6 is 11.3 Å². The number of nitrogens with one attached hydrogen (secondary N) is 1. The van der Waals surface area contributed by atoms with Crippen molar-refractivity contribution in [3.8, 4) is 10.6 Å². The van der Waals surface area contributed by atoms with Crippen LogP contribution in [0.2, 0.25) is 0 Å². The van der Waals surface area contributed by atoms with E-state index in [1.165, 1.54) is 0 Å². The number of benzene rings is 1. The molecule has 0 saturated carbocycles. The molecule has 3 rings (SSSR count). The largest absolute Gasteiger partial charge is 0.285 e. The highest BCUT2D eigenvalue weighted by atomic mass is 32.1. The second-order valence-electron chi connectivity index (χ2n) is 4.88. The van der Waals surface area contributed by atoms with E-state index in [4.69, 9.17) is 0 Å². The van der Waals surface area contributed by atoms with Crippen LogP contribution in [-0.4, -0.2) is 30.0 Å². The van der Waals surface area contributed by atoms with Gasteiger partial charge in [-0.3, -0.25) is 10.2 Å². The summed E-state index contributed by atoms with van der Waals surface area (Å²) in [4.78, 5) is 18.1. The van der Waals surface area contributed by atoms with Crippen molar-refractivity contribution in [2.75, 3.05) is 14.1 Å². The number of rotatable bonds is 3. The fraction of sp³-hybridized carbons (Fsp3) is 0.125. The third-order valence-electron chi connectivity index (χ3n) is 3.06. The summed E-state index contributed by atoms with van der Waals surface area (Å²) in [5, 5.41) is 4.51. The van der Waals surface area contributed by atoms with Gasteiger partial charge in [0.15, 0.2) is 0 Å². The summed E-state index contributed by atoms with van der Waals surface area (Å²) in [6.07, 6.45) is 0. The Morgan fingerprint density at radius 3 is 2.71 bits per heavy atom. The molecule has 0 aliphatic carbocycles. The van der Waals surface area contributed by atoms with Gasteiger partial charge in [0.1, 0.15) is 0 Å². The fourth-order valence-electron chi connectivity index (χ4n) is 2.18. The van der Waals surface area contributed by atoms with Crippen LogP contribution in [0.3, 0.4) is 0 Å². The van der Waals surface area contributed by atoms with Crippen LogP contribution in [0.4, 0.5) is 0 Å². The fourth-order valence-corrected chi connectivity index (χ4v) is 2.86. The topological polar surface area (TPSA) is 45.2 Å². The van der Waals surface area contributed by atoms with E-state index in [2.05, 4.69) is 10.4 Å². The van der Waals surface area contributed by atoms with Crippen molar-refractivity contribution in [2.24, 2.45) is 0 Å². The maximum Gasteiger partial charge on any atom is 0.266 e. The maximum absolute atomic E-state index is 12.4. The molecule has 0 aliphatic heterocycles. The van der Waals surface area contributed by atoms with Crippen molar-refractivity contribution in [2.45, 2.75) is 0 Å². The van der Waals surface area contributed by atoms with Crippen LogP contribution in [0.15, 0.2) is 47.8 Å². The zero-order chi connectivity index (χ0) is 14.8. The number of carbonyl (C=O) groups is 1. The number of aromatic nitrogens is 1. The number of para-hydroxylation sites is 1. The molecule has 0 radical (unpaired) electrons. The molecule has 0 bridgehead atoms. The van der Waals surface area contributed by atoms with Gasteiger partial charge in [0, 0.05) is 19.5 Å². The summed E-state index contributed by atoms with van der Waals surface area (Å²) in [6, 6.07) is 13.5. The summed E-state index contributed by atoms with van der Waals surface area (Å²) in [5.41, 5.74) is 5.08. The van der Waals surface area contributed by atoms with Gasteiger partial charge in [0.2, 0.25) is 0 Å². The lowest BCUT2D eigenvalue weighted by Crippen LogP contribution is -2.36. The first-order chi connectivity index (χ1) is 10.1. The summed E-state index contributed by atoms with van der Waals surface area (Å²) < 4.78 is 0. The SMILES string of the molecule is CN(C)NC(=O)c1cc(-c2cccs2)nc2ccccc12. The average Bonchev–Trinajstić information content (AvgIpc) is 2.99. The molecule has 21 heavy (non-hydrogen) atoms. The maximum atomic E-state index is 12.4. The number of hydrogen-bond acceptors (Lipinski definition) is 4. The first-order valence-electron chi connectivity index (χ1n) is 6.57. The van der Waals surface area contributed by atoms with Crippen LogP contribution in [0.5, 0.6) is 0 Å². The Morgan fingerprint density at radius 2 is 2.00 bits per heavy atom. The average molecular weight is 297 g/mol. The predicted molar refractivity (Wildman–Crippen MR) is 86.2 cm³/mol. The molecule has 3 aromatic rings. The van der Waals surface area contributed by atoms with Crippen LogP contribution in [0.25, 0.3) is 21.5 Å². The van der Waals surface area contributed by atoms with Gasteiger partial charge in [0.05, 0.1) is 21.7 Å². The van der Waals surface area contributed by atoms with Crippen molar-refractivity contribution in [1.82, 2.24) is 15.4 Å². The van der Waals surface area contributed by atoms with Crippen molar-refractivity contribution < 1.29 is 4.79 Å². The molecule has 0 fully saturated rings. The first-order valence-corrected chi connectivity index (χ1v) is 7.45. The van der Waals surface area contributed by atoms with Gasteiger partial charge in [-0.1, -0.05) is 24.3 Å². The molecule has 0 spiro atoms. The lowest BCUT2D eigenvalue weighted by molar-refractivity contribution is 0.0858. The van der Waals surface area contributed by atoms with Crippen molar-refractivity contribution in [3.63, 3.8) is 0 Å². The van der Waals surface area contributed by atoms with E-state index in [0.29, 0.717) is 5.56 Å². The Bertz CT molecular complexity index is 781. The predicted octanol–water partition coefficient (Wildman–Crippen LogP) is 3.17. The smallest absolute Gasteiger partial charge is 0.266 e. The molecule has 5 heteroatoms. The Labute approximate surface area is 127 Å². The molecule has 0 saturated heterocycles. The second kappa shape index (κ2) is 5.63. The van der Waals surface area contributed by atoms with Crippen LogP contribution < -0.4 is 5.43 Å². The number of carbonyl (C=O) groups excluding carboxylic acids is 1. The van der Waals surface area contributed by atoms with Gasteiger partial charge in [-0.25, -0.2) is 9.99 Å². The highest BCUT2D eigenvalue weighted by molar-refractivity contribution is 7.13. The molecule has 2 heterocycles. The van der Waals surface area contributed by atoms with Crippen molar-refractivity contribution >= 4 is 28.1 Å². The third kappa shape index (κ3) is 2.79. The highest BCUT2D eigenvalue weighted by Crippen LogP contribution is 2.27. The number of amides is 1. The quantitative estimate of drug-likeness (QED) is 0.755. The summed E-state index contributed by atoms with van der Waals surface area (Å²) >= 11 is 1.61. The molecule has 1 N–H and O–H groups in total.